The maximum atomic E-state index is 6.95. The number of halogens is 2. The van der Waals surface area contributed by atoms with Gasteiger partial charge in [0.15, 0.2) is 0 Å². The van der Waals surface area contributed by atoms with Crippen molar-refractivity contribution in [2.75, 3.05) is 0 Å². The second-order valence-corrected chi connectivity index (χ2v) is 26.2. The van der Waals surface area contributed by atoms with Gasteiger partial charge in [0.25, 0.3) is 0 Å². The molecule has 0 nitrogen and oxygen atoms in total. The molecule has 0 heterocycles. The van der Waals surface area contributed by atoms with Crippen LogP contribution >= 0.6 is 23.2 Å². The van der Waals surface area contributed by atoms with E-state index in [0.717, 1.165) is 22.0 Å². The van der Waals surface area contributed by atoms with Crippen LogP contribution in [0.2, 0.25) is 19.3 Å². The molecular formula is C42H40Cl2Zr. The Morgan fingerprint density at radius 2 is 1.18 bits per heavy atom. The van der Waals surface area contributed by atoms with Crippen LogP contribution in [0.1, 0.15) is 59.3 Å². The van der Waals surface area contributed by atoms with E-state index in [2.05, 4.69) is 118 Å². The van der Waals surface area contributed by atoms with Crippen molar-refractivity contribution < 1.29 is 20.3 Å². The Morgan fingerprint density at radius 1 is 0.622 bits per heavy atom. The Kier molecular flexibility index (Phi) is 7.72. The normalized spacial score (nSPS) is 14.9. The van der Waals surface area contributed by atoms with E-state index >= 15 is 0 Å². The maximum absolute atomic E-state index is 6.95. The standard InChI is InChI=1S/C31H29.C9H5Cl2.2CH3.Zr/c1-18-11-20(3)30(21(4)12-18)26-9-7-24-15-25-8-10-27(17-29(25)28(24)16-26)31-22(5)13-19(2)14-23(31)6;10-8-4-5-9(11)7-3-1-2-6(7)8;;;/h7,9-14,16-17H,15H2,1-6H3;1-5H;2*1H3;. The number of hydrogen-bond donors (Lipinski definition) is 0. The van der Waals surface area contributed by atoms with Crippen molar-refractivity contribution in [3.8, 4) is 33.4 Å². The molecule has 1 atom stereocenters. The van der Waals surface area contributed by atoms with E-state index in [1.54, 1.807) is 3.27 Å². The van der Waals surface area contributed by atoms with Crippen LogP contribution in [-0.4, -0.2) is 0 Å². The molecule has 226 valence electrons. The van der Waals surface area contributed by atoms with Crippen LogP contribution in [-0.2, 0) is 26.7 Å². The molecule has 0 radical (unpaired) electrons. The number of benzene rings is 5. The molecule has 0 amide bonds. The summed E-state index contributed by atoms with van der Waals surface area (Å²) in [7, 11) is 0. The quantitative estimate of drug-likeness (QED) is 0.171. The minimum atomic E-state index is -3.19. The van der Waals surface area contributed by atoms with Gasteiger partial charge in [-0.15, -0.1) is 0 Å². The number of hydrogen-bond acceptors (Lipinski definition) is 0. The van der Waals surface area contributed by atoms with Crippen LogP contribution in [0.15, 0.2) is 72.8 Å². The molecule has 3 heteroatoms. The summed E-state index contributed by atoms with van der Waals surface area (Å²) >= 11 is 10.5. The van der Waals surface area contributed by atoms with Crippen molar-refractivity contribution in [2.24, 2.45) is 0 Å². The summed E-state index contributed by atoms with van der Waals surface area (Å²) in [6, 6.07) is 25.5. The molecule has 0 saturated heterocycles. The van der Waals surface area contributed by atoms with Gasteiger partial charge >= 0.3 is 286 Å². The van der Waals surface area contributed by atoms with Crippen molar-refractivity contribution in [3.05, 3.63) is 138 Å². The van der Waals surface area contributed by atoms with Crippen molar-refractivity contribution in [2.45, 2.75) is 60.9 Å². The van der Waals surface area contributed by atoms with E-state index in [0.29, 0.717) is 3.63 Å². The Labute approximate surface area is 283 Å². The molecule has 45 heavy (non-hydrogen) atoms. The summed E-state index contributed by atoms with van der Waals surface area (Å²) in [5, 5.41) is 1.63. The second-order valence-electron chi connectivity index (χ2n) is 14.1. The monoisotopic (exact) mass is 704 g/mol. The third-order valence-electron chi connectivity index (χ3n) is 10.4. The average Bonchev–Trinajstić information content (AvgIpc) is 3.57. The molecule has 0 saturated carbocycles. The third kappa shape index (κ3) is 5.06. The molecule has 2 aliphatic carbocycles. The summed E-state index contributed by atoms with van der Waals surface area (Å²) in [4.78, 5) is 0. The predicted octanol–water partition coefficient (Wildman–Crippen LogP) is 12.4. The van der Waals surface area contributed by atoms with Crippen LogP contribution in [0.5, 0.6) is 0 Å². The van der Waals surface area contributed by atoms with Crippen LogP contribution < -0.4 is 3.27 Å². The molecule has 0 aliphatic heterocycles. The van der Waals surface area contributed by atoms with Gasteiger partial charge < -0.3 is 0 Å². The predicted molar refractivity (Wildman–Crippen MR) is 194 cm³/mol. The number of rotatable bonds is 4. The molecule has 5 aromatic rings. The molecular weight excluding hydrogens is 667 g/mol. The average molecular weight is 707 g/mol. The molecule has 0 aromatic heterocycles. The van der Waals surface area contributed by atoms with Crippen molar-refractivity contribution in [1.82, 2.24) is 0 Å². The van der Waals surface area contributed by atoms with Crippen LogP contribution in [0, 0.1) is 41.5 Å². The van der Waals surface area contributed by atoms with E-state index in [1.165, 1.54) is 83.5 Å². The molecule has 2 aliphatic rings. The summed E-state index contributed by atoms with van der Waals surface area (Å²) in [6.45, 7) is 13.4. The SMILES string of the molecule is Cc1cc(C)c(-c2ccc3c(c2)-c2cc(-c4c(C)cc(C)cc4C)c[c]([Zr]([CH3])([CH3])[CH]4C=Cc5c(Cl)ccc(Cl)c54)c2C3)c(C)c1. The second kappa shape index (κ2) is 11.2. The molecule has 5 aromatic carbocycles. The zero-order valence-electron chi connectivity index (χ0n) is 27.5. The van der Waals surface area contributed by atoms with E-state index in [-0.39, 0.29) is 0 Å². The summed E-state index contributed by atoms with van der Waals surface area (Å²) in [5.74, 6) is 0. The fraction of sp³-hybridized carbons (Fsp3) is 0.238. The first-order valence-electron chi connectivity index (χ1n) is 16.0. The fourth-order valence-corrected chi connectivity index (χ4v) is 17.8. The van der Waals surface area contributed by atoms with E-state index in [9.17, 15) is 0 Å². The summed E-state index contributed by atoms with van der Waals surface area (Å²) in [6.07, 6.45) is 5.60. The zero-order chi connectivity index (χ0) is 31.9. The Hall–Kier alpha value is -2.70. The first-order chi connectivity index (χ1) is 21.3. The molecule has 0 N–H and O–H groups in total. The van der Waals surface area contributed by atoms with Crippen LogP contribution in [0.25, 0.3) is 39.5 Å². The first kappa shape index (κ1) is 30.9. The van der Waals surface area contributed by atoms with Gasteiger partial charge in [-0.25, -0.2) is 0 Å². The molecule has 0 fully saturated rings. The van der Waals surface area contributed by atoms with Crippen molar-refractivity contribution in [3.63, 3.8) is 0 Å². The zero-order valence-corrected chi connectivity index (χ0v) is 31.5. The van der Waals surface area contributed by atoms with Gasteiger partial charge in [0.05, 0.1) is 0 Å². The minimum absolute atomic E-state index is 0.317. The molecule has 0 spiro atoms. The van der Waals surface area contributed by atoms with Gasteiger partial charge in [0.1, 0.15) is 0 Å². The third-order valence-corrected chi connectivity index (χ3v) is 20.5. The summed E-state index contributed by atoms with van der Waals surface area (Å²) in [5.41, 5.74) is 21.4. The number of fused-ring (bicyclic) bond motifs is 4. The van der Waals surface area contributed by atoms with Crippen molar-refractivity contribution in [1.29, 1.82) is 0 Å². The van der Waals surface area contributed by atoms with E-state index in [4.69, 9.17) is 23.2 Å². The topological polar surface area (TPSA) is 0 Å². The summed E-state index contributed by atoms with van der Waals surface area (Å²) < 4.78 is 7.10. The molecule has 0 bridgehead atoms. The van der Waals surface area contributed by atoms with Gasteiger partial charge in [0.2, 0.25) is 0 Å². The Morgan fingerprint density at radius 3 is 1.80 bits per heavy atom. The molecule has 7 rings (SSSR count). The first-order valence-corrected chi connectivity index (χ1v) is 24.3. The Balaban J connectivity index is 1.48. The van der Waals surface area contributed by atoms with E-state index < -0.39 is 20.3 Å². The Bertz CT molecular complexity index is 2050. The number of allylic oxidation sites excluding steroid dienone is 1. The van der Waals surface area contributed by atoms with Crippen molar-refractivity contribution >= 4 is 32.5 Å². The van der Waals surface area contributed by atoms with Crippen LogP contribution in [0.3, 0.4) is 0 Å². The van der Waals surface area contributed by atoms with Gasteiger partial charge in [-0.1, -0.05) is 0 Å². The van der Waals surface area contributed by atoms with Gasteiger partial charge in [-0.05, 0) is 0 Å². The van der Waals surface area contributed by atoms with Gasteiger partial charge in [0, 0.05) is 0 Å². The number of aryl methyl sites for hydroxylation is 6. The fourth-order valence-electron chi connectivity index (χ4n) is 8.55. The van der Waals surface area contributed by atoms with Gasteiger partial charge in [-0.2, -0.15) is 0 Å². The molecule has 1 unspecified atom stereocenters. The van der Waals surface area contributed by atoms with Gasteiger partial charge in [-0.3, -0.25) is 0 Å². The van der Waals surface area contributed by atoms with Crippen LogP contribution in [0.4, 0.5) is 0 Å². The van der Waals surface area contributed by atoms with E-state index in [1.807, 2.05) is 12.1 Å².